The molecule has 0 fully saturated rings. The van der Waals surface area contributed by atoms with Gasteiger partial charge in [0.15, 0.2) is 18.1 Å². The van der Waals surface area contributed by atoms with Crippen molar-refractivity contribution in [2.45, 2.75) is 85.9 Å². The standard InChI is InChI=1S/C32H46O2Si2/c1-22(31(33-35(8)9)25-18-14-12-16-23(25)20-27(31)29(2,3)4)32(34-36(10)11)26-19-15-13-17-24(26)21-28(32)30(5,6)7/h12-22,35-36H,1-11H3. The molecule has 2 nitrogen and oxygen atoms in total. The zero-order valence-electron chi connectivity index (χ0n) is 24.3. The fourth-order valence-corrected chi connectivity index (χ4v) is 9.11. The predicted molar refractivity (Wildman–Crippen MR) is 160 cm³/mol. The van der Waals surface area contributed by atoms with E-state index < -0.39 is 29.3 Å². The van der Waals surface area contributed by atoms with Gasteiger partial charge >= 0.3 is 0 Å². The van der Waals surface area contributed by atoms with Crippen LogP contribution in [0.1, 0.15) is 70.7 Å². The summed E-state index contributed by atoms with van der Waals surface area (Å²) < 4.78 is 14.8. The van der Waals surface area contributed by atoms with Gasteiger partial charge < -0.3 is 8.85 Å². The van der Waals surface area contributed by atoms with Gasteiger partial charge in [0.25, 0.3) is 0 Å². The molecule has 4 rings (SSSR count). The Kier molecular flexibility index (Phi) is 7.00. The van der Waals surface area contributed by atoms with Crippen molar-refractivity contribution in [1.29, 1.82) is 0 Å². The Bertz CT molecular complexity index is 1100. The van der Waals surface area contributed by atoms with E-state index in [1.807, 2.05) is 0 Å². The van der Waals surface area contributed by atoms with Gasteiger partial charge in [0.2, 0.25) is 0 Å². The van der Waals surface area contributed by atoms with Crippen molar-refractivity contribution in [3.8, 4) is 0 Å². The molecule has 0 amide bonds. The molecule has 36 heavy (non-hydrogen) atoms. The van der Waals surface area contributed by atoms with Crippen LogP contribution in [-0.4, -0.2) is 18.1 Å². The summed E-state index contributed by atoms with van der Waals surface area (Å²) in [4.78, 5) is 0. The molecule has 0 radical (unpaired) electrons. The Morgan fingerprint density at radius 2 is 0.944 bits per heavy atom. The van der Waals surface area contributed by atoms with Crippen LogP contribution in [0.4, 0.5) is 0 Å². The third kappa shape index (κ3) is 4.24. The molecule has 0 bridgehead atoms. The molecule has 0 N–H and O–H groups in total. The highest BCUT2D eigenvalue weighted by Gasteiger charge is 2.61. The van der Waals surface area contributed by atoms with E-state index in [4.69, 9.17) is 8.85 Å². The van der Waals surface area contributed by atoms with Crippen molar-refractivity contribution >= 4 is 30.2 Å². The monoisotopic (exact) mass is 518 g/mol. The third-order valence-corrected chi connectivity index (χ3v) is 9.49. The Morgan fingerprint density at radius 1 is 0.611 bits per heavy atom. The maximum absolute atomic E-state index is 7.40. The van der Waals surface area contributed by atoms with Crippen molar-refractivity contribution in [2.24, 2.45) is 16.7 Å². The molecule has 4 heteroatoms. The topological polar surface area (TPSA) is 18.5 Å². The van der Waals surface area contributed by atoms with Crippen molar-refractivity contribution in [3.05, 3.63) is 81.9 Å². The minimum atomic E-state index is -1.48. The lowest BCUT2D eigenvalue weighted by atomic mass is 9.60. The van der Waals surface area contributed by atoms with E-state index in [0.717, 1.165) is 0 Å². The minimum Gasteiger partial charge on any atom is -0.407 e. The average molecular weight is 519 g/mol. The summed E-state index contributed by atoms with van der Waals surface area (Å²) in [5, 5.41) is 0. The highest BCUT2D eigenvalue weighted by atomic mass is 28.3. The lowest BCUT2D eigenvalue weighted by Gasteiger charge is -2.54. The quantitative estimate of drug-likeness (QED) is 0.358. The molecule has 2 aromatic rings. The minimum absolute atomic E-state index is 0.0399. The van der Waals surface area contributed by atoms with Gasteiger partial charge in [0.05, 0.1) is 0 Å². The average Bonchev–Trinajstić information content (AvgIpc) is 3.27. The highest BCUT2D eigenvalue weighted by molar-refractivity contribution is 6.49. The lowest BCUT2D eigenvalue weighted by Crippen LogP contribution is -2.55. The summed E-state index contributed by atoms with van der Waals surface area (Å²) in [5.74, 6) is 0.0399. The van der Waals surface area contributed by atoms with Gasteiger partial charge in [-0.1, -0.05) is 109 Å². The van der Waals surface area contributed by atoms with Gasteiger partial charge in [-0.2, -0.15) is 0 Å². The normalized spacial score (nSPS) is 24.6. The molecule has 194 valence electrons. The van der Waals surface area contributed by atoms with Gasteiger partial charge in [-0.25, -0.2) is 0 Å². The molecule has 0 aliphatic heterocycles. The fourth-order valence-electron chi connectivity index (χ4n) is 6.71. The van der Waals surface area contributed by atoms with Crippen molar-refractivity contribution < 1.29 is 8.85 Å². The lowest BCUT2D eigenvalue weighted by molar-refractivity contribution is -0.0745. The van der Waals surface area contributed by atoms with E-state index in [-0.39, 0.29) is 16.7 Å². The first-order chi connectivity index (χ1) is 16.7. The van der Waals surface area contributed by atoms with E-state index >= 15 is 0 Å². The largest absolute Gasteiger partial charge is 0.407 e. The maximum atomic E-state index is 7.40. The first-order valence-electron chi connectivity index (χ1n) is 13.7. The first-order valence-corrected chi connectivity index (χ1v) is 19.2. The molecule has 0 saturated heterocycles. The summed E-state index contributed by atoms with van der Waals surface area (Å²) in [6, 6.07) is 17.8. The number of hydrogen-bond donors (Lipinski definition) is 0. The van der Waals surface area contributed by atoms with Gasteiger partial charge in [-0.05, 0) is 70.4 Å². The summed E-state index contributed by atoms with van der Waals surface area (Å²) >= 11 is 0. The zero-order chi connectivity index (χ0) is 26.7. The fraction of sp³-hybridized carbons (Fsp3) is 0.500. The van der Waals surface area contributed by atoms with Crippen LogP contribution < -0.4 is 0 Å². The van der Waals surface area contributed by atoms with Crippen LogP contribution in [0.2, 0.25) is 26.2 Å². The summed E-state index contributed by atoms with van der Waals surface area (Å²) in [7, 11) is -2.96. The second-order valence-corrected chi connectivity index (χ2v) is 18.0. The molecule has 0 spiro atoms. The summed E-state index contributed by atoms with van der Waals surface area (Å²) in [6.45, 7) is 25.7. The Balaban J connectivity index is 2.11. The zero-order valence-corrected chi connectivity index (χ0v) is 26.6. The molecule has 2 aliphatic rings. The van der Waals surface area contributed by atoms with Gasteiger partial charge in [0.1, 0.15) is 11.2 Å². The first kappa shape index (κ1) is 27.3. The molecule has 2 aliphatic carbocycles. The van der Waals surface area contributed by atoms with Gasteiger partial charge in [-0.15, -0.1) is 0 Å². The molecular weight excluding hydrogens is 473 g/mol. The Labute approximate surface area is 223 Å². The Morgan fingerprint density at radius 3 is 1.25 bits per heavy atom. The third-order valence-electron chi connectivity index (χ3n) is 7.80. The number of fused-ring (bicyclic) bond motifs is 2. The molecule has 0 heterocycles. The van der Waals surface area contributed by atoms with E-state index in [2.05, 4.69) is 135 Å². The van der Waals surface area contributed by atoms with Crippen LogP contribution in [0.15, 0.2) is 59.7 Å². The van der Waals surface area contributed by atoms with E-state index in [9.17, 15) is 0 Å². The second-order valence-electron chi connectivity index (χ2n) is 13.3. The summed E-state index contributed by atoms with van der Waals surface area (Å²) in [5.41, 5.74) is 6.69. The van der Waals surface area contributed by atoms with Crippen LogP contribution in [0, 0.1) is 16.7 Å². The summed E-state index contributed by atoms with van der Waals surface area (Å²) in [6.07, 6.45) is 4.84. The highest BCUT2D eigenvalue weighted by Crippen LogP contribution is 2.64. The molecule has 2 atom stereocenters. The van der Waals surface area contributed by atoms with Crippen LogP contribution in [0.25, 0.3) is 12.2 Å². The Hall–Kier alpha value is -1.73. The smallest absolute Gasteiger partial charge is 0.172 e. The molecular formula is C32H46O2Si2. The SMILES string of the molecule is CC(C1(O[SiH](C)C)C(C(C)(C)C)=Cc2ccccc21)C1(O[SiH](C)C)C(C(C)(C)C)=Cc2ccccc21. The number of hydrogen-bond acceptors (Lipinski definition) is 2. The molecule has 2 aromatic carbocycles. The van der Waals surface area contributed by atoms with Crippen LogP contribution >= 0.6 is 0 Å². The van der Waals surface area contributed by atoms with Crippen LogP contribution in [-0.2, 0) is 20.1 Å². The predicted octanol–water partition coefficient (Wildman–Crippen LogP) is 8.30. The number of rotatable bonds is 6. The van der Waals surface area contributed by atoms with Crippen molar-refractivity contribution in [2.75, 3.05) is 0 Å². The van der Waals surface area contributed by atoms with Crippen LogP contribution in [0.3, 0.4) is 0 Å². The molecule has 0 aromatic heterocycles. The van der Waals surface area contributed by atoms with Crippen molar-refractivity contribution in [1.82, 2.24) is 0 Å². The van der Waals surface area contributed by atoms with E-state index in [1.54, 1.807) is 0 Å². The van der Waals surface area contributed by atoms with Gasteiger partial charge in [0, 0.05) is 5.92 Å². The molecule has 2 unspecified atom stereocenters. The van der Waals surface area contributed by atoms with Crippen molar-refractivity contribution in [3.63, 3.8) is 0 Å². The van der Waals surface area contributed by atoms with Crippen LogP contribution in [0.5, 0.6) is 0 Å². The van der Waals surface area contributed by atoms with Gasteiger partial charge in [-0.3, -0.25) is 0 Å². The van der Waals surface area contributed by atoms with E-state index in [1.165, 1.54) is 33.4 Å². The molecule has 0 saturated carbocycles. The van der Waals surface area contributed by atoms with E-state index in [0.29, 0.717) is 0 Å². The number of benzene rings is 2. The maximum Gasteiger partial charge on any atom is 0.172 e. The second kappa shape index (κ2) is 9.23.